The Kier molecular flexibility index (Phi) is 2.46. The Balaban J connectivity index is 2.15. The Morgan fingerprint density at radius 3 is 2.80 bits per heavy atom. The third-order valence-electron chi connectivity index (χ3n) is 2.57. The zero-order valence-corrected chi connectivity index (χ0v) is 8.53. The fourth-order valence-electron chi connectivity index (χ4n) is 1.69. The second kappa shape index (κ2) is 3.77. The van der Waals surface area contributed by atoms with E-state index in [4.69, 9.17) is 4.42 Å². The molecule has 0 N–H and O–H groups in total. The van der Waals surface area contributed by atoms with E-state index in [-0.39, 0.29) is 5.91 Å². The SMILES string of the molecule is C=C(C(=C)N1CCCC1=O)c1ccco1. The molecule has 15 heavy (non-hydrogen) atoms. The third-order valence-corrected chi connectivity index (χ3v) is 2.57. The summed E-state index contributed by atoms with van der Waals surface area (Å²) in [6.07, 6.45) is 3.08. The summed E-state index contributed by atoms with van der Waals surface area (Å²) in [6, 6.07) is 3.60. The van der Waals surface area contributed by atoms with Gasteiger partial charge in [0.2, 0.25) is 5.91 Å². The summed E-state index contributed by atoms with van der Waals surface area (Å²) >= 11 is 0. The molecule has 2 rings (SSSR count). The molecular formula is C12H13NO2. The van der Waals surface area contributed by atoms with Crippen LogP contribution in [0.15, 0.2) is 41.7 Å². The average molecular weight is 203 g/mol. The number of likely N-dealkylation sites (tertiary alicyclic amines) is 1. The van der Waals surface area contributed by atoms with Gasteiger partial charge in [-0.05, 0) is 18.6 Å². The topological polar surface area (TPSA) is 33.5 Å². The molecule has 1 saturated heterocycles. The lowest BCUT2D eigenvalue weighted by Crippen LogP contribution is -2.23. The van der Waals surface area contributed by atoms with Gasteiger partial charge in [-0.3, -0.25) is 4.79 Å². The Labute approximate surface area is 88.7 Å². The Morgan fingerprint density at radius 1 is 1.47 bits per heavy atom. The minimum Gasteiger partial charge on any atom is -0.464 e. The van der Waals surface area contributed by atoms with Crippen molar-refractivity contribution in [2.24, 2.45) is 0 Å². The van der Waals surface area contributed by atoms with Crippen LogP contribution in [-0.4, -0.2) is 17.4 Å². The summed E-state index contributed by atoms with van der Waals surface area (Å²) < 4.78 is 5.21. The van der Waals surface area contributed by atoms with E-state index in [0.29, 0.717) is 23.5 Å². The van der Waals surface area contributed by atoms with Gasteiger partial charge in [-0.15, -0.1) is 0 Å². The lowest BCUT2D eigenvalue weighted by atomic mass is 10.1. The van der Waals surface area contributed by atoms with Crippen LogP contribution in [0.25, 0.3) is 5.57 Å². The van der Waals surface area contributed by atoms with Crippen LogP contribution in [0.5, 0.6) is 0 Å². The van der Waals surface area contributed by atoms with Crippen LogP contribution >= 0.6 is 0 Å². The first-order valence-electron chi connectivity index (χ1n) is 4.92. The van der Waals surface area contributed by atoms with Crippen molar-refractivity contribution in [2.45, 2.75) is 12.8 Å². The molecule has 0 aliphatic carbocycles. The second-order valence-corrected chi connectivity index (χ2v) is 3.55. The maximum atomic E-state index is 11.5. The molecule has 0 bridgehead atoms. The maximum absolute atomic E-state index is 11.5. The summed E-state index contributed by atoms with van der Waals surface area (Å²) in [7, 11) is 0. The highest BCUT2D eigenvalue weighted by atomic mass is 16.3. The van der Waals surface area contributed by atoms with Crippen molar-refractivity contribution in [3.05, 3.63) is 43.0 Å². The van der Waals surface area contributed by atoms with E-state index < -0.39 is 0 Å². The van der Waals surface area contributed by atoms with Gasteiger partial charge in [0.25, 0.3) is 0 Å². The number of furan rings is 1. The minimum atomic E-state index is 0.118. The number of allylic oxidation sites excluding steroid dienone is 1. The first kappa shape index (κ1) is 9.77. The number of amides is 1. The molecule has 0 radical (unpaired) electrons. The van der Waals surface area contributed by atoms with E-state index in [2.05, 4.69) is 13.2 Å². The van der Waals surface area contributed by atoms with Crippen molar-refractivity contribution in [3.63, 3.8) is 0 Å². The summed E-state index contributed by atoms with van der Waals surface area (Å²) in [6.45, 7) is 8.51. The predicted molar refractivity (Wildman–Crippen MR) is 57.8 cm³/mol. The van der Waals surface area contributed by atoms with Crippen LogP contribution in [0.4, 0.5) is 0 Å². The second-order valence-electron chi connectivity index (χ2n) is 3.55. The molecule has 1 aromatic heterocycles. The van der Waals surface area contributed by atoms with Gasteiger partial charge in [0, 0.05) is 24.2 Å². The molecule has 1 aliphatic heterocycles. The predicted octanol–water partition coefficient (Wildman–Crippen LogP) is 2.43. The van der Waals surface area contributed by atoms with Crippen molar-refractivity contribution in [3.8, 4) is 0 Å². The van der Waals surface area contributed by atoms with E-state index in [1.54, 1.807) is 17.2 Å². The summed E-state index contributed by atoms with van der Waals surface area (Å²) in [5.74, 6) is 0.785. The monoisotopic (exact) mass is 203 g/mol. The van der Waals surface area contributed by atoms with E-state index in [1.807, 2.05) is 6.07 Å². The largest absolute Gasteiger partial charge is 0.464 e. The van der Waals surface area contributed by atoms with Gasteiger partial charge >= 0.3 is 0 Å². The van der Waals surface area contributed by atoms with E-state index in [9.17, 15) is 4.79 Å². The molecule has 1 amide bonds. The van der Waals surface area contributed by atoms with Crippen LogP contribution in [-0.2, 0) is 4.79 Å². The van der Waals surface area contributed by atoms with Crippen molar-refractivity contribution < 1.29 is 9.21 Å². The van der Waals surface area contributed by atoms with Gasteiger partial charge in [-0.25, -0.2) is 0 Å². The van der Waals surface area contributed by atoms with Crippen molar-refractivity contribution >= 4 is 11.5 Å². The normalized spacial score (nSPS) is 15.7. The molecule has 1 aliphatic rings. The number of carbonyl (C=O) groups is 1. The van der Waals surface area contributed by atoms with Gasteiger partial charge in [0.1, 0.15) is 5.76 Å². The summed E-state index contributed by atoms with van der Waals surface area (Å²) in [5, 5.41) is 0. The molecule has 3 heteroatoms. The molecule has 1 fully saturated rings. The molecule has 3 nitrogen and oxygen atoms in total. The Bertz CT molecular complexity index is 403. The standard InChI is InChI=1S/C12H13NO2/c1-9(11-5-4-8-15-11)10(2)13-7-3-6-12(13)14/h4-5,8H,1-3,6-7H2. The molecule has 0 spiro atoms. The third kappa shape index (κ3) is 1.73. The highest BCUT2D eigenvalue weighted by Crippen LogP contribution is 2.26. The quantitative estimate of drug-likeness (QED) is 0.707. The smallest absolute Gasteiger partial charge is 0.227 e. The molecular weight excluding hydrogens is 190 g/mol. The number of hydrogen-bond acceptors (Lipinski definition) is 2. The van der Waals surface area contributed by atoms with Crippen LogP contribution in [0.3, 0.4) is 0 Å². The van der Waals surface area contributed by atoms with Crippen LogP contribution in [0, 0.1) is 0 Å². The highest BCUT2D eigenvalue weighted by Gasteiger charge is 2.24. The van der Waals surface area contributed by atoms with Gasteiger partial charge in [0.05, 0.1) is 6.26 Å². The Morgan fingerprint density at radius 2 is 2.27 bits per heavy atom. The highest BCUT2D eigenvalue weighted by molar-refractivity contribution is 5.86. The molecule has 0 saturated carbocycles. The molecule has 0 atom stereocenters. The van der Waals surface area contributed by atoms with Crippen molar-refractivity contribution in [2.75, 3.05) is 6.54 Å². The number of hydrogen-bond donors (Lipinski definition) is 0. The van der Waals surface area contributed by atoms with E-state index in [0.717, 1.165) is 13.0 Å². The Hall–Kier alpha value is -1.77. The fourth-order valence-corrected chi connectivity index (χ4v) is 1.69. The average Bonchev–Trinajstić information content (AvgIpc) is 2.85. The number of carbonyl (C=O) groups excluding carboxylic acids is 1. The molecule has 0 unspecified atom stereocenters. The first-order valence-corrected chi connectivity index (χ1v) is 4.92. The van der Waals surface area contributed by atoms with Crippen molar-refractivity contribution in [1.82, 2.24) is 4.90 Å². The lowest BCUT2D eigenvalue weighted by molar-refractivity contribution is -0.125. The number of nitrogens with zero attached hydrogens (tertiary/aromatic N) is 1. The van der Waals surface area contributed by atoms with E-state index in [1.165, 1.54) is 0 Å². The minimum absolute atomic E-state index is 0.118. The maximum Gasteiger partial charge on any atom is 0.227 e. The van der Waals surface area contributed by atoms with Crippen LogP contribution in [0.2, 0.25) is 0 Å². The van der Waals surface area contributed by atoms with Gasteiger partial charge in [-0.1, -0.05) is 13.2 Å². The molecule has 2 heterocycles. The van der Waals surface area contributed by atoms with Gasteiger partial charge in [-0.2, -0.15) is 0 Å². The van der Waals surface area contributed by atoms with E-state index >= 15 is 0 Å². The summed E-state index contributed by atoms with van der Waals surface area (Å²) in [5.41, 5.74) is 1.32. The van der Waals surface area contributed by atoms with Gasteiger partial charge in [0.15, 0.2) is 0 Å². The molecule has 78 valence electrons. The number of rotatable bonds is 3. The summed E-state index contributed by atoms with van der Waals surface area (Å²) in [4.78, 5) is 13.2. The fraction of sp³-hybridized carbons (Fsp3) is 0.250. The molecule has 1 aromatic rings. The van der Waals surface area contributed by atoms with Crippen LogP contribution in [0.1, 0.15) is 18.6 Å². The zero-order valence-electron chi connectivity index (χ0n) is 8.53. The van der Waals surface area contributed by atoms with Crippen LogP contribution < -0.4 is 0 Å². The molecule has 0 aromatic carbocycles. The zero-order chi connectivity index (χ0) is 10.8. The first-order chi connectivity index (χ1) is 7.20. The van der Waals surface area contributed by atoms with Gasteiger partial charge < -0.3 is 9.32 Å². The van der Waals surface area contributed by atoms with Crippen molar-refractivity contribution in [1.29, 1.82) is 0 Å². The lowest BCUT2D eigenvalue weighted by Gasteiger charge is -2.19.